The minimum absolute atomic E-state index is 0.181. The summed E-state index contributed by atoms with van der Waals surface area (Å²) >= 11 is 0. The molecule has 3 rings (SSSR count). The highest BCUT2D eigenvalue weighted by atomic mass is 16.5. The highest BCUT2D eigenvalue weighted by Gasteiger charge is 2.25. The zero-order valence-corrected chi connectivity index (χ0v) is 14.9. The van der Waals surface area contributed by atoms with Gasteiger partial charge in [-0.15, -0.1) is 0 Å². The molecule has 0 radical (unpaired) electrons. The quantitative estimate of drug-likeness (QED) is 0.909. The predicted molar refractivity (Wildman–Crippen MR) is 99.0 cm³/mol. The fourth-order valence-electron chi connectivity index (χ4n) is 3.38. The molecular formula is C20H25N3O2. The third-order valence-electron chi connectivity index (χ3n) is 4.78. The number of hydrogen-bond donors (Lipinski definition) is 1. The molecule has 1 aliphatic rings. The van der Waals surface area contributed by atoms with Crippen LogP contribution in [0.4, 0.5) is 5.82 Å². The summed E-state index contributed by atoms with van der Waals surface area (Å²) < 4.78 is 5.24. The van der Waals surface area contributed by atoms with Gasteiger partial charge in [0.15, 0.2) is 0 Å². The highest BCUT2D eigenvalue weighted by Crippen LogP contribution is 2.28. The number of nitrogens with zero attached hydrogens (tertiary/aromatic N) is 2. The Morgan fingerprint density at radius 2 is 2.24 bits per heavy atom. The van der Waals surface area contributed by atoms with E-state index in [0.717, 1.165) is 43.1 Å². The molecule has 1 atom stereocenters. The second-order valence-electron chi connectivity index (χ2n) is 6.43. The van der Waals surface area contributed by atoms with E-state index in [4.69, 9.17) is 4.74 Å². The van der Waals surface area contributed by atoms with E-state index in [-0.39, 0.29) is 5.91 Å². The van der Waals surface area contributed by atoms with Crippen LogP contribution < -0.4 is 10.1 Å². The largest absolute Gasteiger partial charge is 0.497 e. The minimum Gasteiger partial charge on any atom is -0.497 e. The summed E-state index contributed by atoms with van der Waals surface area (Å²) in [5.74, 6) is 2.22. The summed E-state index contributed by atoms with van der Waals surface area (Å²) in [7, 11) is 3.52. The first-order chi connectivity index (χ1) is 12.2. The Balaban J connectivity index is 1.66. The molecule has 1 fully saturated rings. The lowest BCUT2D eigenvalue weighted by atomic mass is 9.91. The molecule has 1 amide bonds. The molecule has 2 heterocycles. The SMILES string of the molecule is CNc1cc([C@H]2CCCN(C(=O)Cc3cccc(OC)c3)C2)ccn1. The fourth-order valence-corrected chi connectivity index (χ4v) is 3.38. The molecule has 0 aliphatic carbocycles. The Kier molecular flexibility index (Phi) is 5.53. The number of amides is 1. The lowest BCUT2D eigenvalue weighted by Gasteiger charge is -2.33. The normalized spacial score (nSPS) is 17.2. The molecule has 25 heavy (non-hydrogen) atoms. The van der Waals surface area contributed by atoms with Gasteiger partial charge in [0, 0.05) is 32.3 Å². The van der Waals surface area contributed by atoms with Crippen LogP contribution >= 0.6 is 0 Å². The number of pyridine rings is 1. The maximum atomic E-state index is 12.7. The zero-order chi connectivity index (χ0) is 17.6. The van der Waals surface area contributed by atoms with Crippen molar-refractivity contribution in [3.8, 4) is 5.75 Å². The van der Waals surface area contributed by atoms with Gasteiger partial charge in [0.25, 0.3) is 0 Å². The molecule has 132 valence electrons. The first-order valence-corrected chi connectivity index (χ1v) is 8.74. The summed E-state index contributed by atoms with van der Waals surface area (Å²) in [6.45, 7) is 1.61. The molecule has 1 aromatic heterocycles. The number of carbonyl (C=O) groups excluding carboxylic acids is 1. The second kappa shape index (κ2) is 8.01. The van der Waals surface area contributed by atoms with Gasteiger partial charge in [0.2, 0.25) is 5.91 Å². The molecule has 1 N–H and O–H groups in total. The van der Waals surface area contributed by atoms with Crippen LogP contribution in [0.5, 0.6) is 5.75 Å². The van der Waals surface area contributed by atoms with Gasteiger partial charge in [-0.25, -0.2) is 4.98 Å². The van der Waals surface area contributed by atoms with E-state index in [2.05, 4.69) is 22.4 Å². The van der Waals surface area contributed by atoms with Crippen LogP contribution in [0.15, 0.2) is 42.6 Å². The standard InChI is InChI=1S/C20H25N3O2/c1-21-19-13-16(8-9-22-19)17-6-4-10-23(14-17)20(24)12-15-5-3-7-18(11-15)25-2/h3,5,7-9,11,13,17H,4,6,10,12,14H2,1-2H3,(H,21,22)/t17-/m0/s1. The first-order valence-electron chi connectivity index (χ1n) is 8.74. The molecule has 5 heteroatoms. The topological polar surface area (TPSA) is 54.5 Å². The van der Waals surface area contributed by atoms with Crippen molar-refractivity contribution < 1.29 is 9.53 Å². The molecule has 2 aromatic rings. The third kappa shape index (κ3) is 4.29. The predicted octanol–water partition coefficient (Wildman–Crippen LogP) is 3.08. The number of methoxy groups -OCH3 is 1. The van der Waals surface area contributed by atoms with E-state index in [0.29, 0.717) is 12.3 Å². The minimum atomic E-state index is 0.181. The average molecular weight is 339 g/mol. The van der Waals surface area contributed by atoms with Gasteiger partial charge in [0.1, 0.15) is 11.6 Å². The van der Waals surface area contributed by atoms with E-state index in [1.54, 1.807) is 7.11 Å². The highest BCUT2D eigenvalue weighted by molar-refractivity contribution is 5.79. The van der Waals surface area contributed by atoms with E-state index in [1.165, 1.54) is 5.56 Å². The number of anilines is 1. The van der Waals surface area contributed by atoms with E-state index < -0.39 is 0 Å². The fraction of sp³-hybridized carbons (Fsp3) is 0.400. The van der Waals surface area contributed by atoms with Gasteiger partial charge in [-0.2, -0.15) is 0 Å². The maximum absolute atomic E-state index is 12.7. The first kappa shape index (κ1) is 17.3. The number of rotatable bonds is 5. The van der Waals surface area contributed by atoms with Gasteiger partial charge in [-0.1, -0.05) is 12.1 Å². The summed E-state index contributed by atoms with van der Waals surface area (Å²) in [5, 5.41) is 3.08. The van der Waals surface area contributed by atoms with E-state index >= 15 is 0 Å². The summed E-state index contributed by atoms with van der Waals surface area (Å²) in [6, 6.07) is 11.9. The molecule has 1 aromatic carbocycles. The number of nitrogens with one attached hydrogen (secondary N) is 1. The third-order valence-corrected chi connectivity index (χ3v) is 4.78. The molecule has 1 saturated heterocycles. The maximum Gasteiger partial charge on any atom is 0.227 e. The van der Waals surface area contributed by atoms with Crippen molar-refractivity contribution >= 4 is 11.7 Å². The number of carbonyl (C=O) groups is 1. The summed E-state index contributed by atoms with van der Waals surface area (Å²) in [4.78, 5) is 19.0. The van der Waals surface area contributed by atoms with Gasteiger partial charge in [-0.05, 0) is 48.2 Å². The van der Waals surface area contributed by atoms with Crippen LogP contribution in [0.3, 0.4) is 0 Å². The van der Waals surface area contributed by atoms with Gasteiger partial charge in [0.05, 0.1) is 13.5 Å². The smallest absolute Gasteiger partial charge is 0.227 e. The Labute approximate surface area is 149 Å². The van der Waals surface area contributed by atoms with Crippen LogP contribution in [-0.4, -0.2) is 43.0 Å². The number of benzene rings is 1. The van der Waals surface area contributed by atoms with E-state index in [9.17, 15) is 4.79 Å². The number of hydrogen-bond acceptors (Lipinski definition) is 4. The molecule has 0 saturated carbocycles. The summed E-state index contributed by atoms with van der Waals surface area (Å²) in [6.07, 6.45) is 4.39. The van der Waals surface area contributed by atoms with Crippen molar-refractivity contribution in [2.24, 2.45) is 0 Å². The lowest BCUT2D eigenvalue weighted by molar-refractivity contribution is -0.131. The van der Waals surface area contributed by atoms with Crippen LogP contribution in [0, 0.1) is 0 Å². The van der Waals surface area contributed by atoms with Crippen LogP contribution in [0.25, 0.3) is 0 Å². The van der Waals surface area contributed by atoms with Crippen molar-refractivity contribution in [3.05, 3.63) is 53.7 Å². The van der Waals surface area contributed by atoms with E-state index in [1.807, 2.05) is 42.4 Å². The Morgan fingerprint density at radius 1 is 1.36 bits per heavy atom. The molecule has 5 nitrogen and oxygen atoms in total. The van der Waals surface area contributed by atoms with Crippen molar-refractivity contribution in [1.29, 1.82) is 0 Å². The average Bonchev–Trinajstić information content (AvgIpc) is 2.68. The molecule has 0 bridgehead atoms. The number of piperidine rings is 1. The van der Waals surface area contributed by atoms with Gasteiger partial charge < -0.3 is 15.0 Å². The Morgan fingerprint density at radius 3 is 3.04 bits per heavy atom. The van der Waals surface area contributed by atoms with Crippen molar-refractivity contribution in [2.45, 2.75) is 25.2 Å². The van der Waals surface area contributed by atoms with Crippen LogP contribution in [-0.2, 0) is 11.2 Å². The molecule has 0 spiro atoms. The lowest BCUT2D eigenvalue weighted by Crippen LogP contribution is -2.40. The van der Waals surface area contributed by atoms with Crippen LogP contribution in [0.1, 0.15) is 29.9 Å². The Bertz CT molecular complexity index is 732. The zero-order valence-electron chi connectivity index (χ0n) is 14.9. The Hall–Kier alpha value is -2.56. The molecular weight excluding hydrogens is 314 g/mol. The monoisotopic (exact) mass is 339 g/mol. The van der Waals surface area contributed by atoms with Crippen molar-refractivity contribution in [3.63, 3.8) is 0 Å². The van der Waals surface area contributed by atoms with Gasteiger partial charge >= 0.3 is 0 Å². The van der Waals surface area contributed by atoms with Crippen LogP contribution in [0.2, 0.25) is 0 Å². The van der Waals surface area contributed by atoms with Crippen molar-refractivity contribution in [2.75, 3.05) is 32.6 Å². The number of likely N-dealkylation sites (tertiary alicyclic amines) is 1. The molecule has 1 aliphatic heterocycles. The van der Waals surface area contributed by atoms with Crippen molar-refractivity contribution in [1.82, 2.24) is 9.88 Å². The number of ether oxygens (including phenoxy) is 1. The number of aromatic nitrogens is 1. The summed E-state index contributed by atoms with van der Waals surface area (Å²) in [5.41, 5.74) is 2.24. The molecule has 0 unspecified atom stereocenters. The second-order valence-corrected chi connectivity index (χ2v) is 6.43. The van der Waals surface area contributed by atoms with Gasteiger partial charge in [-0.3, -0.25) is 4.79 Å².